The molecule has 0 unspecified atom stereocenters. The minimum atomic E-state index is 1.18. The maximum absolute atomic E-state index is 7.50. The van der Waals surface area contributed by atoms with E-state index in [2.05, 4.69) is 66.1 Å². The van der Waals surface area contributed by atoms with Crippen LogP contribution in [0.25, 0.3) is 0 Å². The fourth-order valence-corrected chi connectivity index (χ4v) is 1.81. The van der Waals surface area contributed by atoms with Crippen LogP contribution in [0.15, 0.2) is 35.2 Å². The quantitative estimate of drug-likeness (QED) is 0.468. The number of hydrogen-bond acceptors (Lipinski definition) is 2. The summed E-state index contributed by atoms with van der Waals surface area (Å²) >= 11 is 4.77. The minimum absolute atomic E-state index is 1.18. The van der Waals surface area contributed by atoms with Crippen molar-refractivity contribution in [3.8, 4) is 0 Å². The summed E-state index contributed by atoms with van der Waals surface area (Å²) in [4.78, 5) is 3.33. The number of nitrogens with zero attached hydrogens (tertiary/aromatic N) is 1. The Morgan fingerprint density at radius 2 is 1.14 bits per heavy atom. The van der Waals surface area contributed by atoms with Crippen LogP contribution in [0.4, 0.5) is 0 Å². The van der Waals surface area contributed by atoms with E-state index in [1.807, 2.05) is 32.3 Å². The zero-order valence-electron chi connectivity index (χ0n) is 11.7. The van der Waals surface area contributed by atoms with Crippen molar-refractivity contribution in [3.05, 3.63) is 63.6 Å². The van der Waals surface area contributed by atoms with E-state index in [1.165, 1.54) is 8.73 Å². The molecule has 0 atom stereocenters. The first-order valence-electron chi connectivity index (χ1n) is 4.66. The molecule has 0 aromatic heterocycles. The van der Waals surface area contributed by atoms with Crippen LogP contribution in [0.1, 0.15) is 0 Å². The van der Waals surface area contributed by atoms with Gasteiger partial charge >= 0.3 is 142 Å². The average molecular weight is 357 g/mol. The van der Waals surface area contributed by atoms with Crippen LogP contribution in [0.3, 0.4) is 0 Å². The van der Waals surface area contributed by atoms with Crippen molar-refractivity contribution >= 4 is 15.6 Å². The fraction of sp³-hybridized carbons (Fsp3) is 0.143. The third-order valence-corrected chi connectivity index (χ3v) is 3.32. The molecule has 0 saturated carbocycles. The predicted octanol–water partition coefficient (Wildman–Crippen LogP) is 1.79. The van der Waals surface area contributed by atoms with E-state index in [4.69, 9.17) is 23.3 Å². The summed E-state index contributed by atoms with van der Waals surface area (Å²) in [5.41, 5.74) is 0. The molecule has 22 heavy (non-hydrogen) atoms. The predicted molar refractivity (Wildman–Crippen MR) is 70.6 cm³/mol. The van der Waals surface area contributed by atoms with Crippen LogP contribution >= 0.6 is 11.8 Å². The van der Waals surface area contributed by atoms with E-state index in [0.717, 1.165) is 0 Å². The third kappa shape index (κ3) is 27.1. The van der Waals surface area contributed by atoms with Gasteiger partial charge in [-0.15, -0.1) is 0 Å². The Bertz CT molecular complexity index is 417. The molecule has 0 saturated heterocycles. The molecule has 0 fully saturated rings. The molecule has 0 N–H and O–H groups in total. The third-order valence-electron chi connectivity index (χ3n) is 1.31. The number of thioether (sulfide) groups is 1. The summed E-state index contributed by atoms with van der Waals surface area (Å²) in [5, 5.41) is 0. The van der Waals surface area contributed by atoms with Crippen molar-refractivity contribution in [2.45, 2.75) is 4.90 Å². The van der Waals surface area contributed by atoms with Crippen molar-refractivity contribution in [1.82, 2.24) is 4.90 Å². The van der Waals surface area contributed by atoms with E-state index in [0.29, 0.717) is 0 Å². The van der Waals surface area contributed by atoms with Crippen molar-refractivity contribution in [2.75, 3.05) is 14.1 Å². The Labute approximate surface area is 142 Å². The van der Waals surface area contributed by atoms with Gasteiger partial charge in [-0.3, -0.25) is 0 Å². The van der Waals surface area contributed by atoms with Gasteiger partial charge in [0.2, 0.25) is 0 Å². The second-order valence-electron chi connectivity index (χ2n) is 2.58. The second-order valence-corrected chi connectivity index (χ2v) is 4.67. The molecule has 0 bridgehead atoms. The molecule has 0 radical (unpaired) electrons. The van der Waals surface area contributed by atoms with Crippen molar-refractivity contribution in [2.24, 2.45) is 0 Å². The summed E-state index contributed by atoms with van der Waals surface area (Å²) in [6, 6.07) is 10.3. The molecular weight excluding hydrogens is 346 g/mol. The average Bonchev–Trinajstić information content (AvgIpc) is 2.64. The molecule has 0 amide bonds. The Morgan fingerprint density at radius 3 is 1.41 bits per heavy atom. The normalized spacial score (nSPS) is 6.05. The van der Waals surface area contributed by atoms with E-state index in [9.17, 15) is 0 Å². The molecule has 8 heteroatoms. The molecule has 6 nitrogen and oxygen atoms in total. The standard InChI is InChI=1S/C9H11NS.5CO.Cr/c1-10(2)8-11-9-6-4-3-5-7-9;5*1-2;/h3-7H,1-2H3;;;;;;. The van der Waals surface area contributed by atoms with Gasteiger partial charge in [0.1, 0.15) is 0 Å². The first-order chi connectivity index (χ1) is 10.7. The number of benzene rings is 1. The zero-order chi connectivity index (χ0) is 19.0. The topological polar surface area (TPSA) is 103 Å². The van der Waals surface area contributed by atoms with E-state index >= 15 is 0 Å². The summed E-state index contributed by atoms with van der Waals surface area (Å²) < 4.78 is 38.7. The van der Waals surface area contributed by atoms with E-state index < -0.39 is 0 Å². The zero-order valence-corrected chi connectivity index (χ0v) is 13.8. The molecular formula is C14H11CrNO5S. The van der Waals surface area contributed by atoms with Crippen LogP contribution in [-0.2, 0) is 39.1 Å². The van der Waals surface area contributed by atoms with Crippen LogP contribution in [0.5, 0.6) is 0 Å². The summed E-state index contributed by atoms with van der Waals surface area (Å²) in [6.07, 6.45) is 0. The van der Waals surface area contributed by atoms with E-state index in [1.54, 1.807) is 11.8 Å². The van der Waals surface area contributed by atoms with Gasteiger partial charge in [0, 0.05) is 0 Å². The maximum atomic E-state index is 7.50. The molecule has 0 heterocycles. The van der Waals surface area contributed by atoms with Crippen LogP contribution in [0, 0.1) is 33.3 Å². The van der Waals surface area contributed by atoms with Crippen LogP contribution < -0.4 is 0 Å². The van der Waals surface area contributed by atoms with Crippen molar-refractivity contribution < 1.29 is 39.1 Å². The number of hydrogen-bond donors (Lipinski definition) is 0. The fourth-order valence-electron chi connectivity index (χ4n) is 0.681. The van der Waals surface area contributed by atoms with Gasteiger partial charge in [-0.1, -0.05) is 0 Å². The Balaban J connectivity index is -0.0000000822. The Kier molecular flexibility index (Phi) is 54.2. The van der Waals surface area contributed by atoms with Gasteiger partial charge in [-0.2, -0.15) is 0 Å². The summed E-state index contributed by atoms with van der Waals surface area (Å²) in [6.45, 7) is 22.5. The first-order valence-corrected chi connectivity index (χ1v) is 6.12. The molecule has 0 aliphatic rings. The summed E-state index contributed by atoms with van der Waals surface area (Å²) in [5.74, 6) is 0. The molecule has 0 aliphatic carbocycles. The molecule has 1 aromatic carbocycles. The van der Waals surface area contributed by atoms with Crippen LogP contribution in [-0.4, -0.2) is 22.8 Å². The Hall–Kier alpha value is -1.37. The van der Waals surface area contributed by atoms with Gasteiger partial charge < -0.3 is 0 Å². The second kappa shape index (κ2) is 36.7. The molecule has 1 aromatic rings. The van der Waals surface area contributed by atoms with Crippen molar-refractivity contribution in [3.63, 3.8) is 0 Å². The summed E-state index contributed by atoms with van der Waals surface area (Å²) in [7, 11) is 4.06. The first kappa shape index (κ1) is 32.5. The van der Waals surface area contributed by atoms with Gasteiger partial charge in [0.05, 0.1) is 0 Å². The molecule has 1 rings (SSSR count). The van der Waals surface area contributed by atoms with Gasteiger partial charge in [0.25, 0.3) is 0 Å². The van der Waals surface area contributed by atoms with Gasteiger partial charge in [0.15, 0.2) is 0 Å². The van der Waals surface area contributed by atoms with Crippen LogP contribution in [0.2, 0.25) is 0 Å². The van der Waals surface area contributed by atoms with Gasteiger partial charge in [-0.25, -0.2) is 0 Å². The van der Waals surface area contributed by atoms with Gasteiger partial charge in [-0.05, 0) is 0 Å². The molecule has 114 valence electrons. The monoisotopic (exact) mass is 357 g/mol. The van der Waals surface area contributed by atoms with E-state index in [-0.39, 0.29) is 0 Å². The van der Waals surface area contributed by atoms with Crippen molar-refractivity contribution in [1.29, 1.82) is 0 Å². The molecule has 0 spiro atoms. The SMILES string of the molecule is CN(C)[C](=[Cr])Sc1ccccc1.[C-]#[O+].[C-]#[O+].[C-]#[O+].[C-]#[O+].[C-]#[O+]. The number of rotatable bonds is 3. The Morgan fingerprint density at radius 1 is 0.818 bits per heavy atom. The molecule has 0 aliphatic heterocycles.